The summed E-state index contributed by atoms with van der Waals surface area (Å²) in [5.74, 6) is 0. The van der Waals surface area contributed by atoms with Gasteiger partial charge in [0.2, 0.25) is 0 Å². The third kappa shape index (κ3) is 6.33. The van der Waals surface area contributed by atoms with Gasteiger partial charge < -0.3 is 9.13 Å². The van der Waals surface area contributed by atoms with Crippen LogP contribution in [0.25, 0.3) is 106 Å². The van der Waals surface area contributed by atoms with E-state index in [9.17, 15) is 0 Å². The molecule has 0 aliphatic heterocycles. The lowest BCUT2D eigenvalue weighted by molar-refractivity contribution is 0.967. The fourth-order valence-electron chi connectivity index (χ4n) is 9.76. The largest absolute Gasteiger partial charge is 0.310 e. The zero-order valence-corrected chi connectivity index (χ0v) is 35.5. The fraction of sp³-hybridized carbons (Fsp3) is 0.119. The van der Waals surface area contributed by atoms with Crippen LogP contribution >= 0.6 is 0 Å². The Balaban J connectivity index is 0.00000108. The van der Waals surface area contributed by atoms with Gasteiger partial charge in [0.15, 0.2) is 0 Å². The number of fused-ring (bicyclic) bond motifs is 12. The summed E-state index contributed by atoms with van der Waals surface area (Å²) in [5.41, 5.74) is 15.0. The maximum absolute atomic E-state index is 2.48. The number of nitrogens with zero attached hydrogens (tertiary/aromatic N) is 2. The van der Waals surface area contributed by atoms with Crippen molar-refractivity contribution in [3.63, 3.8) is 0 Å². The number of aromatic nitrogens is 2. The van der Waals surface area contributed by atoms with Crippen LogP contribution < -0.4 is 0 Å². The first-order valence-corrected chi connectivity index (χ1v) is 22.1. The number of hydrogen-bond donors (Lipinski definition) is 0. The summed E-state index contributed by atoms with van der Waals surface area (Å²) >= 11 is 0. The highest BCUT2D eigenvalue weighted by Gasteiger charge is 2.21. The van der Waals surface area contributed by atoms with Crippen LogP contribution in [0.2, 0.25) is 0 Å². The minimum Gasteiger partial charge on any atom is -0.310 e. The normalized spacial score (nSPS) is 12.9. The Hall–Kier alpha value is -7.16. The van der Waals surface area contributed by atoms with E-state index in [-0.39, 0.29) is 0 Å². The molecule has 0 atom stereocenters. The molecule has 0 saturated carbocycles. The smallest absolute Gasteiger partial charge is 0.0547 e. The van der Waals surface area contributed by atoms with Crippen molar-refractivity contribution in [3.05, 3.63) is 198 Å². The van der Waals surface area contributed by atoms with E-state index < -0.39 is 0 Å². The predicted octanol–water partition coefficient (Wildman–Crippen LogP) is 16.8. The molecule has 8 aromatic carbocycles. The molecular formula is C59H50N2. The highest BCUT2D eigenvalue weighted by Crippen LogP contribution is 2.41. The molecule has 0 radical (unpaired) electrons. The van der Waals surface area contributed by atoms with Gasteiger partial charge in [-0.05, 0) is 140 Å². The van der Waals surface area contributed by atoms with Crippen molar-refractivity contribution in [2.45, 2.75) is 47.0 Å². The molecule has 0 fully saturated rings. The first-order chi connectivity index (χ1) is 30.3. The maximum Gasteiger partial charge on any atom is 0.0547 e. The molecule has 0 saturated heterocycles. The average Bonchev–Trinajstić information content (AvgIpc) is 3.72. The quantitative estimate of drug-likeness (QED) is 0.157. The van der Waals surface area contributed by atoms with Crippen molar-refractivity contribution in [3.8, 4) is 33.6 Å². The minimum atomic E-state index is 0.927. The Morgan fingerprint density at radius 2 is 0.902 bits per heavy atom. The molecule has 2 heteroatoms. The third-order valence-corrected chi connectivity index (χ3v) is 12.4. The molecular weight excluding hydrogens is 737 g/mol. The van der Waals surface area contributed by atoms with Gasteiger partial charge in [-0.2, -0.15) is 0 Å². The second-order valence-corrected chi connectivity index (χ2v) is 15.5. The van der Waals surface area contributed by atoms with Crippen molar-refractivity contribution in [1.82, 2.24) is 9.13 Å². The van der Waals surface area contributed by atoms with E-state index in [0.717, 1.165) is 24.9 Å². The summed E-state index contributed by atoms with van der Waals surface area (Å²) in [5, 5.41) is 10.4. The molecule has 0 N–H and O–H groups in total. The van der Waals surface area contributed by atoms with Gasteiger partial charge in [-0.1, -0.05) is 161 Å². The van der Waals surface area contributed by atoms with Gasteiger partial charge in [-0.25, -0.2) is 0 Å². The predicted molar refractivity (Wildman–Crippen MR) is 266 cm³/mol. The standard InChI is InChI=1S/C55H38N2.2C2H6/c1-3-15-40(16-4-1)56-53-25-12-11-23-48(53)51-34-38(28-31-54(51)56)39-27-30-49-47-22-5-2-6-24-52(47)57(55(49)35-39)41-17-13-14-36(32-41)37-26-29-46-44-20-8-7-18-42(44)43-19-9-10-21-45(43)50(46)33-37;2*1-2/h1,3-10,12-22,24-35H,2,11,23H2;2*1-2H3. The molecule has 0 amide bonds. The van der Waals surface area contributed by atoms with Gasteiger partial charge in [0.05, 0.1) is 16.7 Å². The summed E-state index contributed by atoms with van der Waals surface area (Å²) in [6.45, 7) is 8.00. The first-order valence-electron chi connectivity index (χ1n) is 22.1. The van der Waals surface area contributed by atoms with Crippen LogP contribution in [-0.2, 0) is 6.42 Å². The Morgan fingerprint density at radius 3 is 1.64 bits per heavy atom. The Kier molecular flexibility index (Phi) is 10.1. The van der Waals surface area contributed by atoms with E-state index in [4.69, 9.17) is 0 Å². The highest BCUT2D eigenvalue weighted by atomic mass is 15.0. The van der Waals surface area contributed by atoms with Gasteiger partial charge in [-0.15, -0.1) is 0 Å². The number of rotatable bonds is 4. The average molecular weight is 787 g/mol. The van der Waals surface area contributed by atoms with Crippen molar-refractivity contribution < 1.29 is 0 Å². The van der Waals surface area contributed by atoms with Crippen LogP contribution in [0.4, 0.5) is 0 Å². The van der Waals surface area contributed by atoms with Crippen molar-refractivity contribution >= 4 is 72.4 Å². The van der Waals surface area contributed by atoms with Gasteiger partial charge >= 0.3 is 0 Å². The molecule has 10 aromatic rings. The topological polar surface area (TPSA) is 9.86 Å². The number of hydrogen-bond acceptors (Lipinski definition) is 0. The third-order valence-electron chi connectivity index (χ3n) is 12.4. The van der Waals surface area contributed by atoms with E-state index in [1.54, 1.807) is 0 Å². The van der Waals surface area contributed by atoms with Crippen LogP contribution in [0, 0.1) is 0 Å². The van der Waals surface area contributed by atoms with E-state index >= 15 is 0 Å². The Labute approximate surface area is 359 Å². The van der Waals surface area contributed by atoms with E-state index in [1.165, 1.54) is 105 Å². The zero-order chi connectivity index (χ0) is 41.5. The number of para-hydroxylation sites is 1. The van der Waals surface area contributed by atoms with Crippen molar-refractivity contribution in [2.75, 3.05) is 0 Å². The Morgan fingerprint density at radius 1 is 0.361 bits per heavy atom. The van der Waals surface area contributed by atoms with Gasteiger partial charge in [0.1, 0.15) is 0 Å². The van der Waals surface area contributed by atoms with Gasteiger partial charge in [0.25, 0.3) is 0 Å². The van der Waals surface area contributed by atoms with Crippen LogP contribution in [0.5, 0.6) is 0 Å². The van der Waals surface area contributed by atoms with E-state index in [0.29, 0.717) is 0 Å². The molecule has 61 heavy (non-hydrogen) atoms. The minimum absolute atomic E-state index is 0.927. The van der Waals surface area contributed by atoms with Crippen molar-refractivity contribution in [1.29, 1.82) is 0 Å². The number of benzene rings is 8. The van der Waals surface area contributed by atoms with Crippen LogP contribution in [0.3, 0.4) is 0 Å². The monoisotopic (exact) mass is 786 g/mol. The molecule has 0 spiro atoms. The molecule has 296 valence electrons. The molecule has 2 aliphatic carbocycles. The highest BCUT2D eigenvalue weighted by molar-refractivity contribution is 6.25. The van der Waals surface area contributed by atoms with Gasteiger partial charge in [0, 0.05) is 33.4 Å². The molecule has 2 aromatic heterocycles. The van der Waals surface area contributed by atoms with Crippen LogP contribution in [0.15, 0.2) is 176 Å². The Bertz CT molecular complexity index is 3330. The molecule has 0 unspecified atom stereocenters. The van der Waals surface area contributed by atoms with E-state index in [1.807, 2.05) is 27.7 Å². The SMILES string of the molecule is C1=Cc2c(n(-c3cccc(-c4ccc5c6ccccc6c6ccccc6c5c4)c3)c3cc(-c4ccc5c(c4)c4c(n5-c5ccccc5)C=CCC4)ccc23)C=CC1.CC.CC. The maximum atomic E-state index is 2.48. The summed E-state index contributed by atoms with van der Waals surface area (Å²) < 4.78 is 4.91. The van der Waals surface area contributed by atoms with Crippen LogP contribution in [0.1, 0.15) is 63.1 Å². The number of allylic oxidation sites excluding steroid dienone is 3. The fourth-order valence-corrected chi connectivity index (χ4v) is 9.76. The lowest BCUT2D eigenvalue weighted by Gasteiger charge is -2.14. The number of aryl methyl sites for hydroxylation is 1. The second-order valence-electron chi connectivity index (χ2n) is 15.5. The van der Waals surface area contributed by atoms with Gasteiger partial charge in [-0.3, -0.25) is 0 Å². The molecule has 12 rings (SSSR count). The van der Waals surface area contributed by atoms with Crippen LogP contribution in [-0.4, -0.2) is 9.13 Å². The molecule has 2 heterocycles. The summed E-state index contributed by atoms with van der Waals surface area (Å²) in [6.07, 6.45) is 16.9. The lowest BCUT2D eigenvalue weighted by Crippen LogP contribution is -1.99. The summed E-state index contributed by atoms with van der Waals surface area (Å²) in [6, 6.07) is 58.7. The summed E-state index contributed by atoms with van der Waals surface area (Å²) in [4.78, 5) is 0. The summed E-state index contributed by atoms with van der Waals surface area (Å²) in [7, 11) is 0. The zero-order valence-electron chi connectivity index (χ0n) is 35.5. The molecule has 0 bridgehead atoms. The van der Waals surface area contributed by atoms with E-state index in [2.05, 4.69) is 203 Å². The lowest BCUT2D eigenvalue weighted by atomic mass is 9.92. The van der Waals surface area contributed by atoms with Crippen molar-refractivity contribution in [2.24, 2.45) is 0 Å². The molecule has 2 nitrogen and oxygen atoms in total. The molecule has 2 aliphatic rings. The first kappa shape index (κ1) is 38.1. The second kappa shape index (κ2) is 16.1.